The number of sulfone groups is 1. The van der Waals surface area contributed by atoms with E-state index in [1.807, 2.05) is 25.5 Å². The van der Waals surface area contributed by atoms with Crippen molar-refractivity contribution in [2.75, 3.05) is 18.6 Å². The first kappa shape index (κ1) is 14.2. The summed E-state index contributed by atoms with van der Waals surface area (Å²) in [6, 6.07) is 0. The zero-order chi connectivity index (χ0) is 12.9. The largest absolute Gasteiger partial charge is 0.330 e. The van der Waals surface area contributed by atoms with Gasteiger partial charge in [0.25, 0.3) is 0 Å². The summed E-state index contributed by atoms with van der Waals surface area (Å²) in [7, 11) is -1.06. The molecule has 0 saturated heterocycles. The van der Waals surface area contributed by atoms with Crippen LogP contribution in [0, 0.1) is 6.92 Å². The second kappa shape index (κ2) is 6.16. The lowest BCUT2D eigenvalue weighted by Gasteiger charge is -2.10. The highest BCUT2D eigenvalue weighted by Crippen LogP contribution is 2.06. The van der Waals surface area contributed by atoms with Crippen LogP contribution in [0.25, 0.3) is 0 Å². The van der Waals surface area contributed by atoms with Gasteiger partial charge in [0.1, 0.15) is 5.82 Å². The number of hydrogen-bond acceptors (Lipinski definition) is 4. The van der Waals surface area contributed by atoms with Gasteiger partial charge in [0.05, 0.1) is 11.4 Å². The molecule has 0 aliphatic rings. The summed E-state index contributed by atoms with van der Waals surface area (Å²) < 4.78 is 25.3. The van der Waals surface area contributed by atoms with Crippen LogP contribution in [-0.2, 0) is 22.9 Å². The van der Waals surface area contributed by atoms with Crippen molar-refractivity contribution in [3.05, 3.63) is 17.7 Å². The molecule has 0 saturated carbocycles. The Morgan fingerprint density at radius 1 is 1.41 bits per heavy atom. The predicted molar refractivity (Wildman–Crippen MR) is 68.7 cm³/mol. The highest BCUT2D eigenvalue weighted by atomic mass is 32.2. The third-order valence-corrected chi connectivity index (χ3v) is 4.47. The summed E-state index contributed by atoms with van der Waals surface area (Å²) >= 11 is 0. The average Bonchev–Trinajstić information content (AvgIpc) is 2.58. The van der Waals surface area contributed by atoms with Gasteiger partial charge in [-0.05, 0) is 20.4 Å². The Hall–Kier alpha value is -0.880. The Morgan fingerprint density at radius 3 is 2.71 bits per heavy atom. The minimum Gasteiger partial charge on any atom is -0.330 e. The molecule has 0 amide bonds. The third-order valence-electron chi connectivity index (χ3n) is 2.64. The lowest BCUT2D eigenvalue weighted by molar-refractivity contribution is 0.582. The maximum absolute atomic E-state index is 11.7. The number of imidazole rings is 1. The van der Waals surface area contributed by atoms with Crippen molar-refractivity contribution in [1.29, 1.82) is 0 Å². The van der Waals surface area contributed by atoms with Crippen molar-refractivity contribution in [3.63, 3.8) is 0 Å². The molecule has 0 unspecified atom stereocenters. The monoisotopic (exact) mass is 259 g/mol. The first-order chi connectivity index (χ1) is 8.00. The maximum atomic E-state index is 11.7. The fraction of sp³-hybridized carbons (Fsp3) is 0.727. The summed E-state index contributed by atoms with van der Waals surface area (Å²) in [6.07, 6.45) is 2.47. The molecule has 0 spiro atoms. The van der Waals surface area contributed by atoms with Gasteiger partial charge in [0, 0.05) is 25.0 Å². The molecule has 0 aliphatic heterocycles. The van der Waals surface area contributed by atoms with Crippen molar-refractivity contribution in [2.45, 2.75) is 33.4 Å². The van der Waals surface area contributed by atoms with E-state index in [1.54, 1.807) is 6.20 Å². The number of rotatable bonds is 7. The number of aromatic nitrogens is 2. The second-order valence-corrected chi connectivity index (χ2v) is 6.43. The quantitative estimate of drug-likeness (QED) is 0.784. The topological polar surface area (TPSA) is 64.0 Å². The van der Waals surface area contributed by atoms with Gasteiger partial charge in [-0.1, -0.05) is 6.92 Å². The van der Waals surface area contributed by atoms with Gasteiger partial charge in [-0.15, -0.1) is 0 Å². The summed E-state index contributed by atoms with van der Waals surface area (Å²) in [4.78, 5) is 4.21. The molecule has 1 heterocycles. The van der Waals surface area contributed by atoms with E-state index in [0.717, 1.165) is 11.5 Å². The van der Waals surface area contributed by atoms with E-state index < -0.39 is 9.84 Å². The minimum absolute atomic E-state index is 0.189. The zero-order valence-electron chi connectivity index (χ0n) is 10.7. The minimum atomic E-state index is -2.93. The highest BCUT2D eigenvalue weighted by Gasteiger charge is 2.12. The highest BCUT2D eigenvalue weighted by molar-refractivity contribution is 7.91. The van der Waals surface area contributed by atoms with Crippen LogP contribution in [0.15, 0.2) is 6.20 Å². The molecule has 1 N–H and O–H groups in total. The second-order valence-electron chi connectivity index (χ2n) is 4.13. The van der Waals surface area contributed by atoms with E-state index in [0.29, 0.717) is 19.5 Å². The van der Waals surface area contributed by atoms with Gasteiger partial charge in [0.2, 0.25) is 0 Å². The molecule has 98 valence electrons. The number of nitrogens with zero attached hydrogens (tertiary/aromatic N) is 2. The Labute approximate surface area is 103 Å². The molecule has 0 fully saturated rings. The van der Waals surface area contributed by atoms with E-state index in [2.05, 4.69) is 10.3 Å². The number of nitrogens with one attached hydrogen (secondary N) is 1. The van der Waals surface area contributed by atoms with Crippen LogP contribution in [0.5, 0.6) is 0 Å². The van der Waals surface area contributed by atoms with Gasteiger partial charge in [-0.3, -0.25) is 0 Å². The predicted octanol–water partition coefficient (Wildman–Crippen LogP) is 0.736. The molecule has 1 aromatic heterocycles. The van der Waals surface area contributed by atoms with Crippen LogP contribution < -0.4 is 5.32 Å². The Balaban J connectivity index is 2.71. The summed E-state index contributed by atoms with van der Waals surface area (Å²) in [5.41, 5.74) is 1.02. The van der Waals surface area contributed by atoms with Gasteiger partial charge in [-0.25, -0.2) is 13.4 Å². The van der Waals surface area contributed by atoms with Crippen LogP contribution in [0.4, 0.5) is 0 Å². The Kier molecular flexibility index (Phi) is 5.14. The van der Waals surface area contributed by atoms with Gasteiger partial charge in [0.15, 0.2) is 9.84 Å². The van der Waals surface area contributed by atoms with Crippen LogP contribution >= 0.6 is 0 Å². The molecule has 6 heteroatoms. The number of aryl methyl sites for hydroxylation is 1. The first-order valence-corrected chi connectivity index (χ1v) is 7.68. The molecule has 1 rings (SSSR count). The van der Waals surface area contributed by atoms with Gasteiger partial charge >= 0.3 is 0 Å². The molecule has 0 aliphatic carbocycles. The molecule has 0 radical (unpaired) electrons. The molecule has 5 nitrogen and oxygen atoms in total. The lowest BCUT2D eigenvalue weighted by atomic mass is 10.4. The normalized spacial score (nSPS) is 11.9. The first-order valence-electron chi connectivity index (χ1n) is 5.86. The maximum Gasteiger partial charge on any atom is 0.152 e. The molecule has 0 atom stereocenters. The van der Waals surface area contributed by atoms with Gasteiger partial charge < -0.3 is 9.88 Å². The fourth-order valence-corrected chi connectivity index (χ4v) is 3.07. The van der Waals surface area contributed by atoms with Crippen molar-refractivity contribution in [3.8, 4) is 0 Å². The standard InChI is InChI=1S/C11H21N3O2S/c1-4-6-17(15,16)7-5-14-10(2)13-9-11(14)8-12-3/h9,12H,4-8H2,1-3H3. The van der Waals surface area contributed by atoms with Crippen molar-refractivity contribution in [2.24, 2.45) is 0 Å². The van der Waals surface area contributed by atoms with Crippen LogP contribution in [0.2, 0.25) is 0 Å². The molecule has 1 aromatic rings. The van der Waals surface area contributed by atoms with E-state index in [-0.39, 0.29) is 11.5 Å². The van der Waals surface area contributed by atoms with E-state index >= 15 is 0 Å². The molecule has 17 heavy (non-hydrogen) atoms. The van der Waals surface area contributed by atoms with Crippen molar-refractivity contribution in [1.82, 2.24) is 14.9 Å². The summed E-state index contributed by atoms with van der Waals surface area (Å²) in [5.74, 6) is 1.32. The number of hydrogen-bond donors (Lipinski definition) is 1. The van der Waals surface area contributed by atoms with Crippen molar-refractivity contribution >= 4 is 9.84 Å². The third kappa shape index (κ3) is 4.12. The zero-order valence-corrected chi connectivity index (χ0v) is 11.5. The lowest BCUT2D eigenvalue weighted by Crippen LogP contribution is -2.19. The fourth-order valence-electron chi connectivity index (χ4n) is 1.79. The van der Waals surface area contributed by atoms with Crippen molar-refractivity contribution < 1.29 is 8.42 Å². The Morgan fingerprint density at radius 2 is 2.12 bits per heavy atom. The summed E-state index contributed by atoms with van der Waals surface area (Å²) in [5, 5.41) is 3.05. The van der Waals surface area contributed by atoms with Crippen LogP contribution in [-0.4, -0.2) is 36.5 Å². The molecular weight excluding hydrogens is 238 g/mol. The average molecular weight is 259 g/mol. The molecule has 0 aromatic carbocycles. The van der Waals surface area contributed by atoms with Gasteiger partial charge in [-0.2, -0.15) is 0 Å². The van der Waals surface area contributed by atoms with E-state index in [1.165, 1.54) is 0 Å². The van der Waals surface area contributed by atoms with E-state index in [9.17, 15) is 8.42 Å². The van der Waals surface area contributed by atoms with Crippen LogP contribution in [0.1, 0.15) is 24.9 Å². The summed E-state index contributed by atoms with van der Waals surface area (Å²) in [6.45, 7) is 4.97. The Bertz CT molecular complexity index is 451. The smallest absolute Gasteiger partial charge is 0.152 e. The SMILES string of the molecule is CCCS(=O)(=O)CCn1c(CNC)cnc1C. The van der Waals surface area contributed by atoms with E-state index in [4.69, 9.17) is 0 Å². The van der Waals surface area contributed by atoms with Crippen LogP contribution in [0.3, 0.4) is 0 Å². The molecule has 0 bridgehead atoms. The molecular formula is C11H21N3O2S.